The number of nitrogens with zero attached hydrogens (tertiary/aromatic N) is 4. The highest BCUT2D eigenvalue weighted by molar-refractivity contribution is 5.91. The van der Waals surface area contributed by atoms with Crippen LogP contribution in [0.25, 0.3) is 11.6 Å². The Labute approximate surface area is 139 Å². The number of morpholine rings is 1. The van der Waals surface area contributed by atoms with Crippen LogP contribution in [0.15, 0.2) is 24.3 Å². The van der Waals surface area contributed by atoms with E-state index in [0.29, 0.717) is 11.3 Å². The maximum absolute atomic E-state index is 9.39. The van der Waals surface area contributed by atoms with Gasteiger partial charge in [-0.3, -0.25) is 5.10 Å². The Balaban J connectivity index is 1.86. The summed E-state index contributed by atoms with van der Waals surface area (Å²) in [5.74, 6) is 0.0938. The van der Waals surface area contributed by atoms with Crippen LogP contribution in [0.4, 0.5) is 11.5 Å². The van der Waals surface area contributed by atoms with Crippen molar-refractivity contribution in [2.24, 2.45) is 0 Å². The molecule has 1 aromatic carbocycles. The van der Waals surface area contributed by atoms with Gasteiger partial charge in [0.15, 0.2) is 5.82 Å². The molecule has 2 aromatic rings. The van der Waals surface area contributed by atoms with Gasteiger partial charge in [0, 0.05) is 18.8 Å². The van der Waals surface area contributed by atoms with Crippen LogP contribution >= 0.6 is 0 Å². The smallest absolute Gasteiger partial charge is 0.163 e. The predicted octanol–water partition coefficient (Wildman–Crippen LogP) is 1.76. The molecule has 120 valence electrons. The summed E-state index contributed by atoms with van der Waals surface area (Å²) in [6, 6.07) is 12.0. The summed E-state index contributed by atoms with van der Waals surface area (Å²) >= 11 is 0. The fourth-order valence-corrected chi connectivity index (χ4v) is 2.59. The molecule has 2 heterocycles. The number of nitrogens with two attached hydrogens (primary N) is 1. The first-order valence-electron chi connectivity index (χ1n) is 7.52. The Hall–Kier alpha value is -3.29. The standard InChI is InChI=1S/C17H16N6O/c18-10-13(16-15(11-19)17(20)22-21-16)9-12-1-3-14(4-2-12)23-5-7-24-8-6-23/h1-4,9H,5-8H2,(H3,20,21,22)/b13-9+. The summed E-state index contributed by atoms with van der Waals surface area (Å²) in [7, 11) is 0. The SMILES string of the molecule is N#C/C(=C\c1ccc(N2CCOCC2)cc1)c1[nH]nc(N)c1C#N. The van der Waals surface area contributed by atoms with Gasteiger partial charge >= 0.3 is 0 Å². The van der Waals surface area contributed by atoms with Crippen molar-refractivity contribution in [3.05, 3.63) is 41.1 Å². The molecular weight excluding hydrogens is 304 g/mol. The lowest BCUT2D eigenvalue weighted by molar-refractivity contribution is 0.122. The van der Waals surface area contributed by atoms with Crippen molar-refractivity contribution in [3.8, 4) is 12.1 Å². The number of anilines is 2. The molecule has 1 aliphatic heterocycles. The second kappa shape index (κ2) is 6.86. The molecule has 0 spiro atoms. The molecule has 1 aromatic heterocycles. The van der Waals surface area contributed by atoms with Crippen LogP contribution in [0.5, 0.6) is 0 Å². The van der Waals surface area contributed by atoms with Gasteiger partial charge in [-0.25, -0.2) is 0 Å². The molecule has 0 atom stereocenters. The minimum absolute atomic E-state index is 0.0938. The molecule has 3 rings (SSSR count). The Kier molecular flexibility index (Phi) is 4.46. The van der Waals surface area contributed by atoms with Gasteiger partial charge in [0.25, 0.3) is 0 Å². The summed E-state index contributed by atoms with van der Waals surface area (Å²) < 4.78 is 5.35. The second-order valence-corrected chi connectivity index (χ2v) is 5.33. The highest BCUT2D eigenvalue weighted by Gasteiger charge is 2.15. The van der Waals surface area contributed by atoms with Crippen molar-refractivity contribution in [2.45, 2.75) is 0 Å². The van der Waals surface area contributed by atoms with E-state index in [4.69, 9.17) is 15.7 Å². The molecule has 0 aliphatic carbocycles. The van der Waals surface area contributed by atoms with E-state index in [2.05, 4.69) is 21.2 Å². The van der Waals surface area contributed by atoms with Gasteiger partial charge in [0.2, 0.25) is 0 Å². The highest BCUT2D eigenvalue weighted by Crippen LogP contribution is 2.24. The molecule has 0 saturated carbocycles. The summed E-state index contributed by atoms with van der Waals surface area (Å²) in [6.45, 7) is 3.21. The topological polar surface area (TPSA) is 115 Å². The maximum Gasteiger partial charge on any atom is 0.163 e. The number of allylic oxidation sites excluding steroid dienone is 1. The van der Waals surface area contributed by atoms with Crippen molar-refractivity contribution < 1.29 is 4.74 Å². The van der Waals surface area contributed by atoms with E-state index < -0.39 is 0 Å². The summed E-state index contributed by atoms with van der Waals surface area (Å²) in [6.07, 6.45) is 1.71. The number of rotatable bonds is 3. The van der Waals surface area contributed by atoms with E-state index >= 15 is 0 Å². The number of nitrogens with one attached hydrogen (secondary N) is 1. The third kappa shape index (κ3) is 3.07. The number of H-pyrrole nitrogens is 1. The number of hydrogen-bond donors (Lipinski definition) is 2. The van der Waals surface area contributed by atoms with Crippen LogP contribution in [0.2, 0.25) is 0 Å². The monoisotopic (exact) mass is 320 g/mol. The molecule has 0 bridgehead atoms. The number of aromatic nitrogens is 2. The predicted molar refractivity (Wildman–Crippen MR) is 90.7 cm³/mol. The van der Waals surface area contributed by atoms with Gasteiger partial charge < -0.3 is 15.4 Å². The molecule has 0 radical (unpaired) electrons. The van der Waals surface area contributed by atoms with Gasteiger partial charge in [0.1, 0.15) is 17.7 Å². The first kappa shape index (κ1) is 15.6. The average Bonchev–Trinajstić information content (AvgIpc) is 3.01. The molecule has 3 N–H and O–H groups in total. The fraction of sp³-hybridized carbons (Fsp3) is 0.235. The van der Waals surface area contributed by atoms with Crippen LogP contribution in [-0.2, 0) is 4.74 Å². The first-order chi connectivity index (χ1) is 11.7. The van der Waals surface area contributed by atoms with Gasteiger partial charge in [-0.15, -0.1) is 0 Å². The van der Waals surface area contributed by atoms with Gasteiger partial charge in [-0.2, -0.15) is 15.6 Å². The van der Waals surface area contributed by atoms with E-state index in [9.17, 15) is 5.26 Å². The third-order valence-corrected chi connectivity index (χ3v) is 3.88. The lowest BCUT2D eigenvalue weighted by atomic mass is 10.1. The molecule has 24 heavy (non-hydrogen) atoms. The number of nitrogen functional groups attached to an aromatic ring is 1. The zero-order valence-corrected chi connectivity index (χ0v) is 13.0. The molecule has 1 fully saturated rings. The number of benzene rings is 1. The van der Waals surface area contributed by atoms with E-state index in [0.717, 1.165) is 37.6 Å². The van der Waals surface area contributed by atoms with Crippen molar-refractivity contribution >= 4 is 23.2 Å². The minimum atomic E-state index is 0.0938. The summed E-state index contributed by atoms with van der Waals surface area (Å²) in [5, 5.41) is 25.0. The Morgan fingerprint density at radius 2 is 1.96 bits per heavy atom. The fourth-order valence-electron chi connectivity index (χ4n) is 2.59. The number of aromatic amines is 1. The van der Waals surface area contributed by atoms with Gasteiger partial charge in [0.05, 0.1) is 24.5 Å². The van der Waals surface area contributed by atoms with Crippen molar-refractivity contribution in [1.29, 1.82) is 10.5 Å². The maximum atomic E-state index is 9.39. The Bertz CT molecular complexity index is 831. The van der Waals surface area contributed by atoms with Gasteiger partial charge in [-0.05, 0) is 23.8 Å². The molecule has 1 aliphatic rings. The van der Waals surface area contributed by atoms with E-state index in [1.54, 1.807) is 6.08 Å². The largest absolute Gasteiger partial charge is 0.381 e. The lowest BCUT2D eigenvalue weighted by Crippen LogP contribution is -2.36. The number of ether oxygens (including phenoxy) is 1. The number of nitriles is 2. The zero-order chi connectivity index (χ0) is 16.9. The average molecular weight is 320 g/mol. The molecule has 0 unspecified atom stereocenters. The summed E-state index contributed by atoms with van der Waals surface area (Å²) in [5.41, 5.74) is 8.45. The van der Waals surface area contributed by atoms with Crippen molar-refractivity contribution in [3.63, 3.8) is 0 Å². The summed E-state index contributed by atoms with van der Waals surface area (Å²) in [4.78, 5) is 2.26. The van der Waals surface area contributed by atoms with Gasteiger partial charge in [-0.1, -0.05) is 12.1 Å². The van der Waals surface area contributed by atoms with E-state index in [1.807, 2.05) is 30.3 Å². The van der Waals surface area contributed by atoms with Crippen LogP contribution in [-0.4, -0.2) is 36.5 Å². The lowest BCUT2D eigenvalue weighted by Gasteiger charge is -2.28. The normalized spacial score (nSPS) is 14.9. The van der Waals surface area contributed by atoms with Crippen LogP contribution in [0, 0.1) is 22.7 Å². The minimum Gasteiger partial charge on any atom is -0.381 e. The molecule has 0 amide bonds. The van der Waals surface area contributed by atoms with Crippen molar-refractivity contribution in [2.75, 3.05) is 36.9 Å². The first-order valence-corrected chi connectivity index (χ1v) is 7.52. The molecular formula is C17H16N6O. The van der Waals surface area contributed by atoms with Crippen LogP contribution in [0.3, 0.4) is 0 Å². The molecule has 1 saturated heterocycles. The Morgan fingerprint density at radius 3 is 2.58 bits per heavy atom. The van der Waals surface area contributed by atoms with E-state index in [1.165, 1.54) is 0 Å². The molecule has 7 heteroatoms. The third-order valence-electron chi connectivity index (χ3n) is 3.88. The quantitative estimate of drug-likeness (QED) is 0.833. The van der Waals surface area contributed by atoms with Crippen LogP contribution in [0.1, 0.15) is 16.8 Å². The highest BCUT2D eigenvalue weighted by atomic mass is 16.5. The van der Waals surface area contributed by atoms with E-state index in [-0.39, 0.29) is 11.4 Å². The van der Waals surface area contributed by atoms with Crippen molar-refractivity contribution in [1.82, 2.24) is 10.2 Å². The number of hydrogen-bond acceptors (Lipinski definition) is 6. The second-order valence-electron chi connectivity index (χ2n) is 5.33. The Morgan fingerprint density at radius 1 is 1.25 bits per heavy atom. The zero-order valence-electron chi connectivity index (χ0n) is 13.0. The molecule has 7 nitrogen and oxygen atoms in total. The van der Waals surface area contributed by atoms with Crippen LogP contribution < -0.4 is 10.6 Å².